The van der Waals surface area contributed by atoms with Crippen molar-refractivity contribution in [2.24, 2.45) is 0 Å². The summed E-state index contributed by atoms with van der Waals surface area (Å²) in [7, 11) is 0. The predicted octanol–water partition coefficient (Wildman–Crippen LogP) is 0.280. The van der Waals surface area contributed by atoms with Gasteiger partial charge in [0.25, 0.3) is 0 Å². The molecule has 70 valence electrons. The van der Waals surface area contributed by atoms with Gasteiger partial charge in [-0.3, -0.25) is 0 Å². The van der Waals surface area contributed by atoms with Crippen LogP contribution in [0.15, 0.2) is 0 Å². The van der Waals surface area contributed by atoms with E-state index in [1.54, 1.807) is 0 Å². The second kappa shape index (κ2) is 3.32. The minimum absolute atomic E-state index is 0.186. The Bertz CT molecular complexity index is 151. The van der Waals surface area contributed by atoms with E-state index in [1.807, 2.05) is 0 Å². The Morgan fingerprint density at radius 1 is 1.33 bits per heavy atom. The molecule has 0 atom stereocenters. The molecule has 1 saturated carbocycles. The SMILES string of the molecule is OCC1(OC2CC2)CCNCC1. The van der Waals surface area contributed by atoms with Gasteiger partial charge in [-0.05, 0) is 38.8 Å². The van der Waals surface area contributed by atoms with Crippen LogP contribution < -0.4 is 5.32 Å². The minimum atomic E-state index is -0.202. The Balaban J connectivity index is 1.90. The fourth-order valence-corrected chi connectivity index (χ4v) is 1.74. The first-order valence-corrected chi connectivity index (χ1v) is 4.84. The maximum absolute atomic E-state index is 9.27. The van der Waals surface area contributed by atoms with E-state index in [-0.39, 0.29) is 12.2 Å². The molecule has 0 unspecified atom stereocenters. The van der Waals surface area contributed by atoms with Crippen LogP contribution in [0.2, 0.25) is 0 Å². The molecule has 0 spiro atoms. The summed E-state index contributed by atoms with van der Waals surface area (Å²) in [5.41, 5.74) is -0.202. The second-order valence-corrected chi connectivity index (χ2v) is 3.91. The van der Waals surface area contributed by atoms with Crippen LogP contribution in [-0.2, 0) is 4.74 Å². The molecule has 0 radical (unpaired) electrons. The van der Waals surface area contributed by atoms with Gasteiger partial charge >= 0.3 is 0 Å². The number of aliphatic hydroxyl groups is 1. The summed E-state index contributed by atoms with van der Waals surface area (Å²) in [5, 5.41) is 12.5. The van der Waals surface area contributed by atoms with E-state index in [0.29, 0.717) is 6.10 Å². The van der Waals surface area contributed by atoms with Crippen LogP contribution in [0.4, 0.5) is 0 Å². The van der Waals surface area contributed by atoms with Crippen molar-refractivity contribution in [1.82, 2.24) is 5.32 Å². The van der Waals surface area contributed by atoms with Gasteiger partial charge in [-0.2, -0.15) is 0 Å². The van der Waals surface area contributed by atoms with Gasteiger partial charge in [-0.25, -0.2) is 0 Å². The van der Waals surface area contributed by atoms with Crippen LogP contribution in [0.5, 0.6) is 0 Å². The standard InChI is InChI=1S/C9H17NO2/c11-7-9(12-8-1-2-8)3-5-10-6-4-9/h8,10-11H,1-7H2. The lowest BCUT2D eigenvalue weighted by atomic mass is 9.93. The maximum Gasteiger partial charge on any atom is 0.0939 e. The zero-order valence-electron chi connectivity index (χ0n) is 7.38. The van der Waals surface area contributed by atoms with Crippen molar-refractivity contribution in [1.29, 1.82) is 0 Å². The normalized spacial score (nSPS) is 28.8. The fourth-order valence-electron chi connectivity index (χ4n) is 1.74. The number of ether oxygens (including phenoxy) is 1. The second-order valence-electron chi connectivity index (χ2n) is 3.91. The molecule has 0 aromatic carbocycles. The van der Waals surface area contributed by atoms with E-state index in [2.05, 4.69) is 5.32 Å². The third kappa shape index (κ3) is 1.79. The molecular weight excluding hydrogens is 154 g/mol. The first kappa shape index (κ1) is 8.48. The highest BCUT2D eigenvalue weighted by atomic mass is 16.5. The van der Waals surface area contributed by atoms with Gasteiger partial charge in [0, 0.05) is 0 Å². The largest absolute Gasteiger partial charge is 0.393 e. The average Bonchev–Trinajstić information content (AvgIpc) is 2.90. The lowest BCUT2D eigenvalue weighted by Crippen LogP contribution is -2.47. The summed E-state index contributed by atoms with van der Waals surface area (Å²) in [5.74, 6) is 0. The highest BCUT2D eigenvalue weighted by molar-refractivity contribution is 4.89. The lowest BCUT2D eigenvalue weighted by molar-refractivity contribution is -0.105. The van der Waals surface area contributed by atoms with Crippen molar-refractivity contribution in [3.8, 4) is 0 Å². The topological polar surface area (TPSA) is 41.5 Å². The summed E-state index contributed by atoms with van der Waals surface area (Å²) >= 11 is 0. The number of hydrogen-bond acceptors (Lipinski definition) is 3. The van der Waals surface area contributed by atoms with Gasteiger partial charge in [0.2, 0.25) is 0 Å². The van der Waals surface area contributed by atoms with E-state index < -0.39 is 0 Å². The van der Waals surface area contributed by atoms with Gasteiger partial charge in [0.1, 0.15) is 0 Å². The van der Waals surface area contributed by atoms with E-state index in [1.165, 1.54) is 12.8 Å². The predicted molar refractivity (Wildman–Crippen MR) is 46.0 cm³/mol. The van der Waals surface area contributed by atoms with Crippen LogP contribution in [-0.4, -0.2) is 36.5 Å². The molecule has 0 aromatic heterocycles. The molecule has 3 heteroatoms. The van der Waals surface area contributed by atoms with E-state index in [9.17, 15) is 5.11 Å². The molecule has 3 nitrogen and oxygen atoms in total. The van der Waals surface area contributed by atoms with Crippen molar-refractivity contribution in [3.05, 3.63) is 0 Å². The van der Waals surface area contributed by atoms with Crippen LogP contribution in [0, 0.1) is 0 Å². The zero-order chi connectivity index (χ0) is 8.44. The Kier molecular flexibility index (Phi) is 2.35. The summed E-state index contributed by atoms with van der Waals surface area (Å²) in [6, 6.07) is 0. The van der Waals surface area contributed by atoms with Crippen LogP contribution in [0.25, 0.3) is 0 Å². The highest BCUT2D eigenvalue weighted by Gasteiger charge is 2.38. The number of rotatable bonds is 3. The van der Waals surface area contributed by atoms with Crippen LogP contribution in [0.3, 0.4) is 0 Å². The molecule has 1 saturated heterocycles. The molecule has 2 fully saturated rings. The molecule has 1 aliphatic heterocycles. The molecule has 2 rings (SSSR count). The summed E-state index contributed by atoms with van der Waals surface area (Å²) in [6.07, 6.45) is 4.75. The fraction of sp³-hybridized carbons (Fsp3) is 1.00. The van der Waals surface area contributed by atoms with E-state index >= 15 is 0 Å². The zero-order valence-corrected chi connectivity index (χ0v) is 7.38. The number of hydrogen-bond donors (Lipinski definition) is 2. The monoisotopic (exact) mass is 171 g/mol. The van der Waals surface area contributed by atoms with E-state index in [4.69, 9.17) is 4.74 Å². The molecule has 0 aromatic rings. The van der Waals surface area contributed by atoms with Crippen molar-refractivity contribution in [2.75, 3.05) is 19.7 Å². The first-order valence-electron chi connectivity index (χ1n) is 4.84. The van der Waals surface area contributed by atoms with Gasteiger partial charge < -0.3 is 15.2 Å². The van der Waals surface area contributed by atoms with Gasteiger partial charge in [-0.1, -0.05) is 0 Å². The smallest absolute Gasteiger partial charge is 0.0939 e. The molecule has 0 bridgehead atoms. The Morgan fingerprint density at radius 2 is 2.00 bits per heavy atom. The third-order valence-electron chi connectivity index (χ3n) is 2.74. The van der Waals surface area contributed by atoms with Gasteiger partial charge in [-0.15, -0.1) is 0 Å². The third-order valence-corrected chi connectivity index (χ3v) is 2.74. The average molecular weight is 171 g/mol. The first-order chi connectivity index (χ1) is 5.85. The van der Waals surface area contributed by atoms with Crippen molar-refractivity contribution >= 4 is 0 Å². The molecule has 2 N–H and O–H groups in total. The van der Waals surface area contributed by atoms with Crippen LogP contribution in [0.1, 0.15) is 25.7 Å². The van der Waals surface area contributed by atoms with Crippen molar-refractivity contribution < 1.29 is 9.84 Å². The number of nitrogens with one attached hydrogen (secondary N) is 1. The molecule has 0 amide bonds. The summed E-state index contributed by atoms with van der Waals surface area (Å²) in [4.78, 5) is 0. The Morgan fingerprint density at radius 3 is 2.50 bits per heavy atom. The van der Waals surface area contributed by atoms with Crippen molar-refractivity contribution in [3.63, 3.8) is 0 Å². The van der Waals surface area contributed by atoms with Crippen LogP contribution >= 0.6 is 0 Å². The molecule has 1 heterocycles. The van der Waals surface area contributed by atoms with E-state index in [0.717, 1.165) is 25.9 Å². The number of aliphatic hydroxyl groups excluding tert-OH is 1. The van der Waals surface area contributed by atoms with Crippen molar-refractivity contribution in [2.45, 2.75) is 37.4 Å². The van der Waals surface area contributed by atoms with Gasteiger partial charge in [0.15, 0.2) is 0 Å². The van der Waals surface area contributed by atoms with Gasteiger partial charge in [0.05, 0.1) is 18.3 Å². The lowest BCUT2D eigenvalue weighted by Gasteiger charge is -2.36. The quantitative estimate of drug-likeness (QED) is 0.641. The minimum Gasteiger partial charge on any atom is -0.393 e. The summed E-state index contributed by atoms with van der Waals surface area (Å²) < 4.78 is 5.85. The summed E-state index contributed by atoms with van der Waals surface area (Å²) in [6.45, 7) is 2.14. The Labute approximate surface area is 73.1 Å². The molecule has 2 aliphatic rings. The Hall–Kier alpha value is -0.120. The highest BCUT2D eigenvalue weighted by Crippen LogP contribution is 2.33. The maximum atomic E-state index is 9.27. The molecular formula is C9H17NO2. The number of piperidine rings is 1. The molecule has 1 aliphatic carbocycles. The molecule has 12 heavy (non-hydrogen) atoms.